The average molecular weight is 236 g/mol. The first kappa shape index (κ1) is 11.5. The lowest BCUT2D eigenvalue weighted by molar-refractivity contribution is 0.654. The van der Waals surface area contributed by atoms with Crippen molar-refractivity contribution in [2.24, 2.45) is 0 Å². The zero-order chi connectivity index (χ0) is 13.1. The van der Waals surface area contributed by atoms with Gasteiger partial charge in [-0.15, -0.1) is 0 Å². The van der Waals surface area contributed by atoms with Gasteiger partial charge in [-0.25, -0.2) is 0 Å². The molecule has 0 heteroatoms. The average Bonchev–Trinajstić information content (AvgIpc) is 2.56. The van der Waals surface area contributed by atoms with E-state index in [-0.39, 0.29) is 5.41 Å². The van der Waals surface area contributed by atoms with Crippen molar-refractivity contribution < 1.29 is 0 Å². The van der Waals surface area contributed by atoms with Crippen LogP contribution < -0.4 is 0 Å². The van der Waals surface area contributed by atoms with Crippen LogP contribution >= 0.6 is 0 Å². The molecule has 2 aromatic rings. The molecule has 0 unspecified atom stereocenters. The van der Waals surface area contributed by atoms with Gasteiger partial charge in [-0.3, -0.25) is 0 Å². The lowest BCUT2D eigenvalue weighted by atomic mass is 9.79. The van der Waals surface area contributed by atoms with Crippen LogP contribution in [0.1, 0.15) is 41.7 Å². The van der Waals surface area contributed by atoms with Gasteiger partial charge >= 0.3 is 0 Å². The Morgan fingerprint density at radius 3 is 2.22 bits per heavy atom. The summed E-state index contributed by atoms with van der Waals surface area (Å²) in [6, 6.07) is 11.2. The first-order chi connectivity index (χ1) is 8.44. The molecule has 0 nitrogen and oxygen atoms in total. The van der Waals surface area contributed by atoms with E-state index in [9.17, 15) is 0 Å². The summed E-state index contributed by atoms with van der Waals surface area (Å²) in [5.41, 5.74) is 10.3. The molecular weight excluding hydrogens is 216 g/mol. The van der Waals surface area contributed by atoms with Gasteiger partial charge in [0.1, 0.15) is 0 Å². The summed E-state index contributed by atoms with van der Waals surface area (Å²) in [4.78, 5) is 0. The Bertz CT molecular complexity index is 645. The molecule has 0 fully saturated rings. The third-order valence-electron chi connectivity index (χ3n) is 4.67. The minimum absolute atomic E-state index is 0.133. The summed E-state index contributed by atoms with van der Waals surface area (Å²) in [7, 11) is 0. The fraction of sp³-hybridized carbons (Fsp3) is 0.333. The van der Waals surface area contributed by atoms with Crippen molar-refractivity contribution in [3.63, 3.8) is 0 Å². The zero-order valence-electron chi connectivity index (χ0n) is 11.9. The molecule has 0 aromatic heterocycles. The number of aryl methyl sites for hydroxylation is 1. The molecule has 1 aliphatic rings. The minimum atomic E-state index is 0.133. The lowest BCUT2D eigenvalue weighted by Gasteiger charge is -2.24. The fourth-order valence-electron chi connectivity index (χ4n) is 3.50. The molecule has 2 aromatic carbocycles. The van der Waals surface area contributed by atoms with Crippen LogP contribution in [-0.4, -0.2) is 0 Å². The van der Waals surface area contributed by atoms with E-state index in [1.807, 2.05) is 0 Å². The topological polar surface area (TPSA) is 0 Å². The smallest absolute Gasteiger partial charge is 0.0161 e. The van der Waals surface area contributed by atoms with E-state index in [4.69, 9.17) is 0 Å². The van der Waals surface area contributed by atoms with Gasteiger partial charge in [0, 0.05) is 5.41 Å². The second kappa shape index (κ2) is 3.47. The SMILES string of the molecule is Cc1cc2c(c(C)c1C)C(C)(C)c1ccccc1-2. The standard InChI is InChI=1S/C18H20/c1-11-10-15-14-8-6-7-9-16(14)18(4,5)17(15)13(3)12(11)2/h6-10H,1-5H3. The molecule has 0 saturated carbocycles. The van der Waals surface area contributed by atoms with Crippen molar-refractivity contribution in [2.75, 3.05) is 0 Å². The fourth-order valence-corrected chi connectivity index (χ4v) is 3.50. The molecule has 0 bridgehead atoms. The van der Waals surface area contributed by atoms with Crippen LogP contribution in [0.25, 0.3) is 11.1 Å². The van der Waals surface area contributed by atoms with E-state index in [1.54, 1.807) is 0 Å². The number of hydrogen-bond donors (Lipinski definition) is 0. The number of fused-ring (bicyclic) bond motifs is 3. The highest BCUT2D eigenvalue weighted by Crippen LogP contribution is 2.50. The first-order valence-electron chi connectivity index (χ1n) is 6.65. The van der Waals surface area contributed by atoms with E-state index in [0.29, 0.717) is 0 Å². The van der Waals surface area contributed by atoms with E-state index >= 15 is 0 Å². The van der Waals surface area contributed by atoms with Gasteiger partial charge in [0.2, 0.25) is 0 Å². The maximum Gasteiger partial charge on any atom is 0.0161 e. The van der Waals surface area contributed by atoms with Crippen LogP contribution in [0.5, 0.6) is 0 Å². The number of rotatable bonds is 0. The van der Waals surface area contributed by atoms with Crippen LogP contribution in [0.4, 0.5) is 0 Å². The zero-order valence-corrected chi connectivity index (χ0v) is 11.9. The number of benzene rings is 2. The Kier molecular flexibility index (Phi) is 2.22. The summed E-state index contributed by atoms with van der Waals surface area (Å²) in [5.74, 6) is 0. The van der Waals surface area contributed by atoms with Gasteiger partial charge in [0.05, 0.1) is 0 Å². The molecule has 1 aliphatic carbocycles. The molecule has 0 amide bonds. The van der Waals surface area contributed by atoms with E-state index < -0.39 is 0 Å². The van der Waals surface area contributed by atoms with E-state index in [0.717, 1.165) is 0 Å². The van der Waals surface area contributed by atoms with E-state index in [1.165, 1.54) is 38.9 Å². The molecule has 0 atom stereocenters. The maximum atomic E-state index is 2.37. The summed E-state index contributed by atoms with van der Waals surface area (Å²) < 4.78 is 0. The van der Waals surface area contributed by atoms with Crippen molar-refractivity contribution in [3.8, 4) is 11.1 Å². The molecule has 92 valence electrons. The summed E-state index contributed by atoms with van der Waals surface area (Å²) in [5, 5.41) is 0. The van der Waals surface area contributed by atoms with Gasteiger partial charge in [-0.05, 0) is 59.7 Å². The summed E-state index contributed by atoms with van der Waals surface area (Å²) >= 11 is 0. The largest absolute Gasteiger partial charge is 0.0619 e. The van der Waals surface area contributed by atoms with Crippen LogP contribution in [0, 0.1) is 20.8 Å². The molecular formula is C18H20. The third-order valence-corrected chi connectivity index (χ3v) is 4.67. The second-order valence-electron chi connectivity index (χ2n) is 6.04. The summed E-state index contributed by atoms with van der Waals surface area (Å²) in [6.07, 6.45) is 0. The Morgan fingerprint density at radius 2 is 1.50 bits per heavy atom. The minimum Gasteiger partial charge on any atom is -0.0619 e. The van der Waals surface area contributed by atoms with Crippen molar-refractivity contribution in [3.05, 3.63) is 58.1 Å². The molecule has 0 radical (unpaired) electrons. The van der Waals surface area contributed by atoms with Crippen LogP contribution in [0.3, 0.4) is 0 Å². The molecule has 0 N–H and O–H groups in total. The summed E-state index contributed by atoms with van der Waals surface area (Å²) in [6.45, 7) is 11.4. The van der Waals surface area contributed by atoms with Gasteiger partial charge < -0.3 is 0 Å². The van der Waals surface area contributed by atoms with Crippen molar-refractivity contribution in [1.82, 2.24) is 0 Å². The third kappa shape index (κ3) is 1.26. The molecule has 0 saturated heterocycles. The Morgan fingerprint density at radius 1 is 0.833 bits per heavy atom. The van der Waals surface area contributed by atoms with Crippen LogP contribution in [0.2, 0.25) is 0 Å². The van der Waals surface area contributed by atoms with Gasteiger partial charge in [-0.2, -0.15) is 0 Å². The van der Waals surface area contributed by atoms with E-state index in [2.05, 4.69) is 65.0 Å². The lowest BCUT2D eigenvalue weighted by Crippen LogP contribution is -2.17. The Hall–Kier alpha value is -1.56. The molecule has 0 spiro atoms. The van der Waals surface area contributed by atoms with Crippen molar-refractivity contribution in [2.45, 2.75) is 40.0 Å². The van der Waals surface area contributed by atoms with Crippen LogP contribution in [-0.2, 0) is 5.41 Å². The van der Waals surface area contributed by atoms with Gasteiger partial charge in [0.15, 0.2) is 0 Å². The number of hydrogen-bond acceptors (Lipinski definition) is 0. The Balaban J connectivity index is 2.46. The Labute approximate surface area is 110 Å². The highest BCUT2D eigenvalue weighted by atomic mass is 14.4. The normalized spacial score (nSPS) is 15.4. The van der Waals surface area contributed by atoms with Gasteiger partial charge in [-0.1, -0.05) is 44.2 Å². The highest BCUT2D eigenvalue weighted by molar-refractivity contribution is 5.83. The quantitative estimate of drug-likeness (QED) is 0.609. The predicted octanol–water partition coefficient (Wildman–Crippen LogP) is 4.92. The first-order valence-corrected chi connectivity index (χ1v) is 6.65. The van der Waals surface area contributed by atoms with Crippen molar-refractivity contribution in [1.29, 1.82) is 0 Å². The maximum absolute atomic E-state index is 2.37. The molecule has 0 aliphatic heterocycles. The molecule has 3 rings (SSSR count). The van der Waals surface area contributed by atoms with Gasteiger partial charge in [0.25, 0.3) is 0 Å². The second-order valence-corrected chi connectivity index (χ2v) is 6.04. The molecule has 0 heterocycles. The van der Waals surface area contributed by atoms with Crippen molar-refractivity contribution >= 4 is 0 Å². The molecule has 18 heavy (non-hydrogen) atoms. The predicted molar refractivity (Wildman–Crippen MR) is 78.2 cm³/mol. The van der Waals surface area contributed by atoms with Crippen LogP contribution in [0.15, 0.2) is 30.3 Å². The highest BCUT2D eigenvalue weighted by Gasteiger charge is 2.36. The monoisotopic (exact) mass is 236 g/mol.